The zero-order chi connectivity index (χ0) is 22.2. The highest BCUT2D eigenvalue weighted by atomic mass is 16.6. The molecule has 10 nitrogen and oxygen atoms in total. The average molecular weight is 430 g/mol. The molecule has 0 fully saturated rings. The van der Waals surface area contributed by atoms with Crippen molar-refractivity contribution in [2.75, 3.05) is 39.4 Å². The summed E-state index contributed by atoms with van der Waals surface area (Å²) in [7, 11) is 2.99. The third-order valence-corrected chi connectivity index (χ3v) is 4.25. The number of benzene rings is 2. The van der Waals surface area contributed by atoms with Crippen LogP contribution in [0.1, 0.15) is 5.56 Å². The van der Waals surface area contributed by atoms with E-state index in [0.29, 0.717) is 47.5 Å². The molecule has 2 aromatic carbocycles. The number of imide groups is 1. The number of methoxy groups -OCH3 is 2. The summed E-state index contributed by atoms with van der Waals surface area (Å²) in [5.74, 6) is 0.694. The lowest BCUT2D eigenvalue weighted by molar-refractivity contribution is -0.147. The highest BCUT2D eigenvalue weighted by Gasteiger charge is 2.16. The molecule has 0 saturated heterocycles. The van der Waals surface area contributed by atoms with Crippen LogP contribution in [0.15, 0.2) is 36.4 Å². The molecule has 2 N–H and O–H groups in total. The normalized spacial score (nSPS) is 11.8. The minimum Gasteiger partial charge on any atom is -0.497 e. The molecular formula is C21H22N2O8. The van der Waals surface area contributed by atoms with Crippen molar-refractivity contribution in [3.05, 3.63) is 42.0 Å². The smallest absolute Gasteiger partial charge is 0.325 e. The lowest BCUT2D eigenvalue weighted by Crippen LogP contribution is -2.37. The summed E-state index contributed by atoms with van der Waals surface area (Å²) in [4.78, 5) is 35.9. The molecule has 0 unspecified atom stereocenters. The molecule has 0 spiro atoms. The Balaban J connectivity index is 1.45. The zero-order valence-corrected chi connectivity index (χ0v) is 17.1. The Labute approximate surface area is 178 Å². The maximum Gasteiger partial charge on any atom is 0.325 e. The van der Waals surface area contributed by atoms with Crippen molar-refractivity contribution in [2.45, 2.75) is 6.42 Å². The average Bonchev–Trinajstić information content (AvgIpc) is 2.77. The number of hydrogen-bond acceptors (Lipinski definition) is 8. The SMILES string of the molecule is COc1ccc(CC(=O)OCC(=O)NC(=O)Nc2ccc3c(c2)OCCO3)c(OC)c1. The summed E-state index contributed by atoms with van der Waals surface area (Å²) in [6.07, 6.45) is -0.107. The molecule has 10 heteroatoms. The van der Waals surface area contributed by atoms with Gasteiger partial charge in [-0.2, -0.15) is 0 Å². The first kappa shape index (κ1) is 21.8. The van der Waals surface area contributed by atoms with Crippen LogP contribution in [0.25, 0.3) is 0 Å². The van der Waals surface area contributed by atoms with Gasteiger partial charge in [-0.1, -0.05) is 6.07 Å². The van der Waals surface area contributed by atoms with Gasteiger partial charge in [-0.25, -0.2) is 4.79 Å². The second-order valence-corrected chi connectivity index (χ2v) is 6.38. The molecule has 3 rings (SSSR count). The van der Waals surface area contributed by atoms with Crippen LogP contribution in [0.5, 0.6) is 23.0 Å². The van der Waals surface area contributed by atoms with E-state index < -0.39 is 24.5 Å². The molecule has 0 saturated carbocycles. The first-order chi connectivity index (χ1) is 15.0. The van der Waals surface area contributed by atoms with Crippen LogP contribution < -0.4 is 29.6 Å². The topological polar surface area (TPSA) is 121 Å². The van der Waals surface area contributed by atoms with Gasteiger partial charge < -0.3 is 29.0 Å². The molecule has 0 atom stereocenters. The van der Waals surface area contributed by atoms with E-state index in [4.69, 9.17) is 23.7 Å². The summed E-state index contributed by atoms with van der Waals surface area (Å²) < 4.78 is 26.1. The Bertz CT molecular complexity index is 976. The van der Waals surface area contributed by atoms with Gasteiger partial charge in [-0.05, 0) is 18.2 Å². The highest BCUT2D eigenvalue weighted by Crippen LogP contribution is 2.32. The predicted molar refractivity (Wildman–Crippen MR) is 109 cm³/mol. The largest absolute Gasteiger partial charge is 0.497 e. The summed E-state index contributed by atoms with van der Waals surface area (Å²) >= 11 is 0. The highest BCUT2D eigenvalue weighted by molar-refractivity contribution is 6.02. The van der Waals surface area contributed by atoms with Crippen LogP contribution in [-0.2, 0) is 20.7 Å². The number of amides is 3. The lowest BCUT2D eigenvalue weighted by atomic mass is 10.1. The molecule has 1 aliphatic heterocycles. The van der Waals surface area contributed by atoms with Gasteiger partial charge in [0.2, 0.25) is 0 Å². The number of ether oxygens (including phenoxy) is 5. The van der Waals surface area contributed by atoms with Crippen molar-refractivity contribution in [1.29, 1.82) is 0 Å². The summed E-state index contributed by atoms with van der Waals surface area (Å²) in [6.45, 7) is 0.263. The first-order valence-corrected chi connectivity index (χ1v) is 9.35. The van der Waals surface area contributed by atoms with Gasteiger partial charge in [0.05, 0.1) is 20.6 Å². The molecular weight excluding hydrogens is 408 g/mol. The summed E-state index contributed by atoms with van der Waals surface area (Å²) in [6, 6.07) is 9.06. The van der Waals surface area contributed by atoms with Crippen molar-refractivity contribution in [1.82, 2.24) is 5.32 Å². The third-order valence-electron chi connectivity index (χ3n) is 4.25. The van der Waals surface area contributed by atoms with E-state index in [-0.39, 0.29) is 6.42 Å². The Kier molecular flexibility index (Phi) is 7.15. The number of anilines is 1. The van der Waals surface area contributed by atoms with E-state index in [2.05, 4.69) is 10.6 Å². The fourth-order valence-corrected chi connectivity index (χ4v) is 2.80. The Hall–Kier alpha value is -3.95. The standard InChI is InChI=1S/C21H22N2O8/c1-27-15-5-3-13(17(11-15)28-2)9-20(25)31-12-19(24)23-21(26)22-14-4-6-16-18(10-14)30-8-7-29-16/h3-6,10-11H,7-9,12H2,1-2H3,(H2,22,23,24,26). The second kappa shape index (κ2) is 10.2. The monoisotopic (exact) mass is 430 g/mol. The predicted octanol–water partition coefficient (Wildman–Crippen LogP) is 1.91. The molecule has 1 aliphatic rings. The van der Waals surface area contributed by atoms with E-state index in [1.807, 2.05) is 0 Å². The van der Waals surface area contributed by atoms with Crippen LogP contribution in [0.3, 0.4) is 0 Å². The van der Waals surface area contributed by atoms with Gasteiger partial charge in [0.15, 0.2) is 18.1 Å². The number of nitrogens with one attached hydrogen (secondary N) is 2. The fourth-order valence-electron chi connectivity index (χ4n) is 2.80. The third kappa shape index (κ3) is 6.01. The number of urea groups is 1. The van der Waals surface area contributed by atoms with Crippen molar-refractivity contribution >= 4 is 23.6 Å². The minimum atomic E-state index is -0.773. The molecule has 1 heterocycles. The summed E-state index contributed by atoms with van der Waals surface area (Å²) in [5, 5.41) is 4.59. The lowest BCUT2D eigenvalue weighted by Gasteiger charge is -2.19. The zero-order valence-electron chi connectivity index (χ0n) is 17.1. The van der Waals surface area contributed by atoms with Crippen LogP contribution in [0.4, 0.5) is 10.5 Å². The molecule has 0 aromatic heterocycles. The number of carbonyl (C=O) groups excluding carboxylic acids is 3. The van der Waals surface area contributed by atoms with E-state index in [0.717, 1.165) is 0 Å². The van der Waals surface area contributed by atoms with E-state index >= 15 is 0 Å². The maximum absolute atomic E-state index is 12.0. The van der Waals surface area contributed by atoms with Gasteiger partial charge in [-0.15, -0.1) is 0 Å². The van der Waals surface area contributed by atoms with Crippen LogP contribution in [-0.4, -0.2) is 51.9 Å². The maximum atomic E-state index is 12.0. The van der Waals surface area contributed by atoms with Gasteiger partial charge in [0.25, 0.3) is 5.91 Å². The summed E-state index contributed by atoms with van der Waals surface area (Å²) in [5.41, 5.74) is 0.989. The van der Waals surface area contributed by atoms with Crippen molar-refractivity contribution in [3.8, 4) is 23.0 Å². The number of rotatable bonds is 7. The van der Waals surface area contributed by atoms with Gasteiger partial charge in [0, 0.05) is 23.4 Å². The molecule has 0 aliphatic carbocycles. The van der Waals surface area contributed by atoms with Gasteiger partial charge in [0.1, 0.15) is 24.7 Å². The first-order valence-electron chi connectivity index (χ1n) is 9.35. The van der Waals surface area contributed by atoms with Crippen molar-refractivity contribution in [2.24, 2.45) is 0 Å². The van der Waals surface area contributed by atoms with Crippen molar-refractivity contribution < 1.29 is 38.1 Å². The van der Waals surface area contributed by atoms with Crippen LogP contribution >= 0.6 is 0 Å². The molecule has 164 valence electrons. The number of hydrogen-bond donors (Lipinski definition) is 2. The molecule has 31 heavy (non-hydrogen) atoms. The molecule has 0 radical (unpaired) electrons. The second-order valence-electron chi connectivity index (χ2n) is 6.38. The van der Waals surface area contributed by atoms with E-state index in [1.165, 1.54) is 14.2 Å². The quantitative estimate of drug-likeness (QED) is 0.639. The van der Waals surface area contributed by atoms with Crippen LogP contribution in [0, 0.1) is 0 Å². The minimum absolute atomic E-state index is 0.107. The molecule has 0 bridgehead atoms. The van der Waals surface area contributed by atoms with E-state index in [1.54, 1.807) is 36.4 Å². The Morgan fingerprint density at radius 1 is 0.968 bits per heavy atom. The molecule has 2 aromatic rings. The Morgan fingerprint density at radius 2 is 1.74 bits per heavy atom. The number of carbonyl (C=O) groups is 3. The van der Waals surface area contributed by atoms with Crippen molar-refractivity contribution in [3.63, 3.8) is 0 Å². The van der Waals surface area contributed by atoms with Crippen LogP contribution in [0.2, 0.25) is 0 Å². The van der Waals surface area contributed by atoms with Gasteiger partial charge >= 0.3 is 12.0 Å². The number of esters is 1. The Morgan fingerprint density at radius 3 is 2.48 bits per heavy atom. The molecule has 3 amide bonds. The van der Waals surface area contributed by atoms with Gasteiger partial charge in [-0.3, -0.25) is 14.9 Å². The fraction of sp³-hybridized carbons (Fsp3) is 0.286. The number of fused-ring (bicyclic) bond motifs is 1. The van der Waals surface area contributed by atoms with E-state index in [9.17, 15) is 14.4 Å².